The van der Waals surface area contributed by atoms with Gasteiger partial charge in [-0.25, -0.2) is 8.78 Å². The minimum absolute atomic E-state index is 0.591. The van der Waals surface area contributed by atoms with Crippen LogP contribution in [-0.2, 0) is 6.54 Å². The van der Waals surface area contributed by atoms with Crippen LogP contribution in [0.2, 0.25) is 0 Å². The Kier molecular flexibility index (Phi) is 5.39. The Balaban J connectivity index is 2.40. The molecule has 1 rings (SSSR count). The summed E-state index contributed by atoms with van der Waals surface area (Å²) >= 11 is 0. The van der Waals surface area contributed by atoms with Crippen LogP contribution in [0, 0.1) is 17.6 Å². The van der Waals surface area contributed by atoms with Gasteiger partial charge in [-0.1, -0.05) is 32.8 Å². The van der Waals surface area contributed by atoms with E-state index in [1.807, 2.05) is 0 Å². The highest BCUT2D eigenvalue weighted by molar-refractivity contribution is 5.17. The first kappa shape index (κ1) is 13.1. The second kappa shape index (κ2) is 6.59. The molecule has 0 aliphatic carbocycles. The van der Waals surface area contributed by atoms with Crippen molar-refractivity contribution in [3.63, 3.8) is 0 Å². The molecule has 1 nitrogen and oxygen atoms in total. The Morgan fingerprint density at radius 3 is 2.38 bits per heavy atom. The maximum Gasteiger partial charge on any atom is 0.159 e. The van der Waals surface area contributed by atoms with E-state index >= 15 is 0 Å². The fourth-order valence-corrected chi connectivity index (χ4v) is 1.65. The molecule has 0 saturated heterocycles. The molecule has 3 heteroatoms. The standard InChI is InChI=1S/C13H19F2N/c1-3-10(4-2)8-16-9-11-5-6-12(14)13(15)7-11/h5-7,10,16H,3-4,8-9H2,1-2H3. The SMILES string of the molecule is CCC(CC)CNCc1ccc(F)c(F)c1. The Hall–Kier alpha value is -0.960. The third-order valence-electron chi connectivity index (χ3n) is 2.90. The van der Waals surface area contributed by atoms with Gasteiger partial charge in [-0.2, -0.15) is 0 Å². The molecule has 0 spiro atoms. The lowest BCUT2D eigenvalue weighted by Gasteiger charge is -2.13. The number of rotatable bonds is 6. The third kappa shape index (κ3) is 3.89. The van der Waals surface area contributed by atoms with Crippen LogP contribution in [0.25, 0.3) is 0 Å². The average Bonchev–Trinajstić information content (AvgIpc) is 2.29. The highest BCUT2D eigenvalue weighted by Crippen LogP contribution is 2.09. The van der Waals surface area contributed by atoms with Crippen LogP contribution < -0.4 is 5.32 Å². The van der Waals surface area contributed by atoms with E-state index in [1.165, 1.54) is 12.1 Å². The molecule has 1 N–H and O–H groups in total. The summed E-state index contributed by atoms with van der Waals surface area (Å²) in [5.74, 6) is -0.907. The normalized spacial score (nSPS) is 11.1. The van der Waals surface area contributed by atoms with Crippen LogP contribution in [0.1, 0.15) is 32.3 Å². The van der Waals surface area contributed by atoms with Gasteiger partial charge in [-0.3, -0.25) is 0 Å². The first-order chi connectivity index (χ1) is 7.67. The van der Waals surface area contributed by atoms with E-state index in [1.54, 1.807) is 6.07 Å². The number of halogens is 2. The summed E-state index contributed by atoms with van der Waals surface area (Å²) in [4.78, 5) is 0. The molecule has 0 fully saturated rings. The van der Waals surface area contributed by atoms with Crippen LogP contribution in [0.4, 0.5) is 8.78 Å². The van der Waals surface area contributed by atoms with Crippen LogP contribution in [0.15, 0.2) is 18.2 Å². The first-order valence-corrected chi connectivity index (χ1v) is 5.82. The van der Waals surface area contributed by atoms with E-state index in [2.05, 4.69) is 19.2 Å². The van der Waals surface area contributed by atoms with Crippen LogP contribution >= 0.6 is 0 Å². The number of hydrogen-bond acceptors (Lipinski definition) is 1. The molecule has 0 aromatic heterocycles. The van der Waals surface area contributed by atoms with Crippen LogP contribution in [0.5, 0.6) is 0 Å². The van der Waals surface area contributed by atoms with Crippen LogP contribution in [0.3, 0.4) is 0 Å². The molecule has 0 amide bonds. The largest absolute Gasteiger partial charge is 0.312 e. The molecule has 0 aliphatic rings. The highest BCUT2D eigenvalue weighted by atomic mass is 19.2. The minimum Gasteiger partial charge on any atom is -0.312 e. The molecule has 0 aliphatic heterocycles. The van der Waals surface area contributed by atoms with Gasteiger partial charge in [0, 0.05) is 6.54 Å². The fraction of sp³-hybridized carbons (Fsp3) is 0.538. The molecule has 0 saturated carbocycles. The molecular formula is C13H19F2N. The molecular weight excluding hydrogens is 208 g/mol. The Morgan fingerprint density at radius 2 is 1.81 bits per heavy atom. The van der Waals surface area contributed by atoms with Crippen molar-refractivity contribution in [2.24, 2.45) is 5.92 Å². The molecule has 90 valence electrons. The summed E-state index contributed by atoms with van der Waals surface area (Å²) in [7, 11) is 0. The highest BCUT2D eigenvalue weighted by Gasteiger charge is 2.04. The number of benzene rings is 1. The maximum absolute atomic E-state index is 12.9. The Labute approximate surface area is 95.9 Å². The van der Waals surface area contributed by atoms with Crippen molar-refractivity contribution in [3.8, 4) is 0 Å². The summed E-state index contributed by atoms with van der Waals surface area (Å²) in [6.07, 6.45) is 2.28. The van der Waals surface area contributed by atoms with E-state index in [9.17, 15) is 8.78 Å². The van der Waals surface area contributed by atoms with Gasteiger partial charge in [0.25, 0.3) is 0 Å². The molecule has 16 heavy (non-hydrogen) atoms. The smallest absolute Gasteiger partial charge is 0.159 e. The lowest BCUT2D eigenvalue weighted by Crippen LogP contribution is -2.21. The molecule has 0 radical (unpaired) electrons. The van der Waals surface area contributed by atoms with E-state index in [0.717, 1.165) is 24.9 Å². The molecule has 0 atom stereocenters. The summed E-state index contributed by atoms with van der Waals surface area (Å²) < 4.78 is 25.6. The number of nitrogens with one attached hydrogen (secondary N) is 1. The fourth-order valence-electron chi connectivity index (χ4n) is 1.65. The predicted octanol–water partition coefficient (Wildman–Crippen LogP) is 3.49. The number of hydrogen-bond donors (Lipinski definition) is 1. The molecule has 1 aromatic rings. The molecule has 0 heterocycles. The van der Waals surface area contributed by atoms with Crippen molar-refractivity contribution in [3.05, 3.63) is 35.4 Å². The Bertz CT molecular complexity index is 322. The minimum atomic E-state index is -0.788. The van der Waals surface area contributed by atoms with Crippen molar-refractivity contribution in [1.29, 1.82) is 0 Å². The topological polar surface area (TPSA) is 12.0 Å². The average molecular weight is 227 g/mol. The van der Waals surface area contributed by atoms with E-state index < -0.39 is 11.6 Å². The summed E-state index contributed by atoms with van der Waals surface area (Å²) in [5, 5.41) is 3.26. The Morgan fingerprint density at radius 1 is 1.12 bits per heavy atom. The van der Waals surface area contributed by atoms with Gasteiger partial charge < -0.3 is 5.32 Å². The summed E-state index contributed by atoms with van der Waals surface area (Å²) in [6, 6.07) is 4.02. The van der Waals surface area contributed by atoms with Gasteiger partial charge in [0.1, 0.15) is 0 Å². The van der Waals surface area contributed by atoms with Gasteiger partial charge in [0.15, 0.2) is 11.6 Å². The lowest BCUT2D eigenvalue weighted by molar-refractivity contribution is 0.448. The molecule has 0 bridgehead atoms. The van der Waals surface area contributed by atoms with E-state index in [4.69, 9.17) is 0 Å². The van der Waals surface area contributed by atoms with E-state index in [-0.39, 0.29) is 0 Å². The predicted molar refractivity (Wildman–Crippen MR) is 62.1 cm³/mol. The zero-order valence-electron chi connectivity index (χ0n) is 9.89. The van der Waals surface area contributed by atoms with Gasteiger partial charge in [-0.05, 0) is 30.2 Å². The second-order valence-corrected chi connectivity index (χ2v) is 4.06. The van der Waals surface area contributed by atoms with Crippen molar-refractivity contribution >= 4 is 0 Å². The third-order valence-corrected chi connectivity index (χ3v) is 2.90. The van der Waals surface area contributed by atoms with Crippen molar-refractivity contribution in [2.75, 3.05) is 6.54 Å². The second-order valence-electron chi connectivity index (χ2n) is 4.06. The van der Waals surface area contributed by atoms with Crippen molar-refractivity contribution in [1.82, 2.24) is 5.32 Å². The van der Waals surface area contributed by atoms with Crippen LogP contribution in [-0.4, -0.2) is 6.54 Å². The zero-order chi connectivity index (χ0) is 12.0. The van der Waals surface area contributed by atoms with Gasteiger partial charge in [-0.15, -0.1) is 0 Å². The van der Waals surface area contributed by atoms with E-state index in [0.29, 0.717) is 12.5 Å². The van der Waals surface area contributed by atoms with Gasteiger partial charge >= 0.3 is 0 Å². The maximum atomic E-state index is 12.9. The summed E-state index contributed by atoms with van der Waals surface area (Å²) in [6.45, 7) is 5.83. The molecule has 1 aromatic carbocycles. The quantitative estimate of drug-likeness (QED) is 0.784. The summed E-state index contributed by atoms with van der Waals surface area (Å²) in [5.41, 5.74) is 0.782. The van der Waals surface area contributed by atoms with Gasteiger partial charge in [0.2, 0.25) is 0 Å². The van der Waals surface area contributed by atoms with Crippen molar-refractivity contribution in [2.45, 2.75) is 33.2 Å². The first-order valence-electron chi connectivity index (χ1n) is 5.82. The zero-order valence-corrected chi connectivity index (χ0v) is 9.89. The lowest BCUT2D eigenvalue weighted by atomic mass is 10.0. The van der Waals surface area contributed by atoms with Gasteiger partial charge in [0.05, 0.1) is 0 Å². The molecule has 0 unspecified atom stereocenters. The van der Waals surface area contributed by atoms with Crippen molar-refractivity contribution < 1.29 is 8.78 Å². The monoisotopic (exact) mass is 227 g/mol.